The van der Waals surface area contributed by atoms with Crippen LogP contribution < -0.4 is 5.32 Å². The van der Waals surface area contributed by atoms with E-state index < -0.39 is 6.10 Å². The molecule has 2 atom stereocenters. The molecule has 1 aromatic heterocycles. The first-order valence-corrected chi connectivity index (χ1v) is 5.60. The normalized spacial score (nSPS) is 21.9. The minimum atomic E-state index is -0.802. The predicted octanol–water partition coefficient (Wildman–Crippen LogP) is -0.421. The molecule has 0 aliphatic carbocycles. The lowest BCUT2D eigenvalue weighted by Crippen LogP contribution is -2.48. The van der Waals surface area contributed by atoms with E-state index in [9.17, 15) is 5.11 Å². The van der Waals surface area contributed by atoms with Gasteiger partial charge in [-0.2, -0.15) is 0 Å². The lowest BCUT2D eigenvalue weighted by molar-refractivity contribution is -0.00352. The highest BCUT2D eigenvalue weighted by Gasteiger charge is 2.30. The number of furan rings is 1. The molecule has 1 saturated heterocycles. The van der Waals surface area contributed by atoms with Crippen molar-refractivity contribution < 1.29 is 14.6 Å². The molecule has 0 radical (unpaired) electrons. The molecule has 1 aliphatic rings. The van der Waals surface area contributed by atoms with Gasteiger partial charge in [-0.3, -0.25) is 4.90 Å². The van der Waals surface area contributed by atoms with Crippen LogP contribution in [-0.4, -0.2) is 54.0 Å². The smallest absolute Gasteiger partial charge is 0.123 e. The second-order valence-electron chi connectivity index (χ2n) is 4.00. The number of rotatable bonds is 4. The fraction of sp³-hybridized carbons (Fsp3) is 0.636. The van der Waals surface area contributed by atoms with Gasteiger partial charge in [0.2, 0.25) is 0 Å². The summed E-state index contributed by atoms with van der Waals surface area (Å²) in [5.74, 6) is 0.712. The van der Waals surface area contributed by atoms with Crippen molar-refractivity contribution in [2.24, 2.45) is 0 Å². The molecule has 0 spiro atoms. The van der Waals surface area contributed by atoms with Crippen molar-refractivity contribution in [2.75, 3.05) is 32.8 Å². The van der Waals surface area contributed by atoms with Gasteiger partial charge in [-0.1, -0.05) is 0 Å². The summed E-state index contributed by atoms with van der Waals surface area (Å²) in [5.41, 5.74) is 0. The van der Waals surface area contributed by atoms with E-state index in [1.54, 1.807) is 12.3 Å². The summed E-state index contributed by atoms with van der Waals surface area (Å²) in [6, 6.07) is 3.39. The Balaban J connectivity index is 2.13. The standard InChI is InChI=1S/C11H18N2O3/c14-8-9(15)11(10-2-1-7-16-10)13-5-3-12-4-6-13/h1-2,7,9,11-12,14-15H,3-6,8H2/t9-,11-/m1/s1. The van der Waals surface area contributed by atoms with Crippen LogP contribution >= 0.6 is 0 Å². The van der Waals surface area contributed by atoms with Crippen LogP contribution in [0.1, 0.15) is 11.8 Å². The van der Waals surface area contributed by atoms with E-state index in [1.807, 2.05) is 6.07 Å². The predicted molar refractivity (Wildman–Crippen MR) is 59.0 cm³/mol. The van der Waals surface area contributed by atoms with Gasteiger partial charge in [-0.15, -0.1) is 0 Å². The van der Waals surface area contributed by atoms with Crippen LogP contribution in [0.5, 0.6) is 0 Å². The molecular weight excluding hydrogens is 208 g/mol. The van der Waals surface area contributed by atoms with Crippen LogP contribution in [-0.2, 0) is 0 Å². The van der Waals surface area contributed by atoms with Crippen LogP contribution in [0.4, 0.5) is 0 Å². The number of nitrogens with zero attached hydrogens (tertiary/aromatic N) is 1. The Morgan fingerprint density at radius 2 is 2.19 bits per heavy atom. The summed E-state index contributed by atoms with van der Waals surface area (Å²) in [4.78, 5) is 2.14. The topological polar surface area (TPSA) is 68.9 Å². The Kier molecular flexibility index (Phi) is 3.95. The molecule has 0 amide bonds. The van der Waals surface area contributed by atoms with Crippen LogP contribution in [0.3, 0.4) is 0 Å². The summed E-state index contributed by atoms with van der Waals surface area (Å²) in [6.45, 7) is 3.24. The highest BCUT2D eigenvalue weighted by molar-refractivity contribution is 5.07. The molecular formula is C11H18N2O3. The number of nitrogens with one attached hydrogen (secondary N) is 1. The zero-order valence-electron chi connectivity index (χ0n) is 9.17. The Bertz CT molecular complexity index is 296. The Labute approximate surface area is 94.7 Å². The molecule has 0 saturated carbocycles. The second-order valence-corrected chi connectivity index (χ2v) is 4.00. The fourth-order valence-corrected chi connectivity index (χ4v) is 2.13. The number of hydrogen-bond donors (Lipinski definition) is 3. The largest absolute Gasteiger partial charge is 0.468 e. The summed E-state index contributed by atoms with van der Waals surface area (Å²) < 4.78 is 5.34. The molecule has 1 fully saturated rings. The highest BCUT2D eigenvalue weighted by atomic mass is 16.3. The zero-order chi connectivity index (χ0) is 11.4. The Morgan fingerprint density at radius 1 is 1.44 bits per heavy atom. The van der Waals surface area contributed by atoms with E-state index in [0.717, 1.165) is 26.2 Å². The second kappa shape index (κ2) is 5.45. The number of aliphatic hydroxyl groups is 2. The van der Waals surface area contributed by atoms with E-state index in [0.29, 0.717) is 5.76 Å². The van der Waals surface area contributed by atoms with Gasteiger partial charge in [0, 0.05) is 26.2 Å². The molecule has 90 valence electrons. The molecule has 0 aromatic carbocycles. The van der Waals surface area contributed by atoms with E-state index in [4.69, 9.17) is 9.52 Å². The average molecular weight is 226 g/mol. The highest BCUT2D eigenvalue weighted by Crippen LogP contribution is 2.25. The molecule has 1 aromatic rings. The molecule has 1 aliphatic heterocycles. The van der Waals surface area contributed by atoms with Gasteiger partial charge in [0.25, 0.3) is 0 Å². The van der Waals surface area contributed by atoms with Crippen LogP contribution in [0.2, 0.25) is 0 Å². The summed E-state index contributed by atoms with van der Waals surface area (Å²) in [6.07, 6.45) is 0.790. The number of aliphatic hydroxyl groups excluding tert-OH is 2. The van der Waals surface area contributed by atoms with E-state index in [1.165, 1.54) is 0 Å². The maximum atomic E-state index is 9.87. The van der Waals surface area contributed by atoms with Crippen molar-refractivity contribution >= 4 is 0 Å². The maximum absolute atomic E-state index is 9.87. The van der Waals surface area contributed by atoms with Gasteiger partial charge in [0.1, 0.15) is 5.76 Å². The fourth-order valence-electron chi connectivity index (χ4n) is 2.13. The quantitative estimate of drug-likeness (QED) is 0.650. The van der Waals surface area contributed by atoms with Crippen molar-refractivity contribution in [2.45, 2.75) is 12.1 Å². The van der Waals surface area contributed by atoms with Crippen LogP contribution in [0.25, 0.3) is 0 Å². The lowest BCUT2D eigenvalue weighted by Gasteiger charge is -2.35. The number of piperazine rings is 1. The molecule has 0 bridgehead atoms. The molecule has 0 unspecified atom stereocenters. The Morgan fingerprint density at radius 3 is 2.75 bits per heavy atom. The van der Waals surface area contributed by atoms with Gasteiger partial charge >= 0.3 is 0 Å². The zero-order valence-corrected chi connectivity index (χ0v) is 9.17. The van der Waals surface area contributed by atoms with Gasteiger partial charge in [0.15, 0.2) is 0 Å². The molecule has 2 heterocycles. The third-order valence-corrected chi connectivity index (χ3v) is 2.93. The van der Waals surface area contributed by atoms with E-state index in [-0.39, 0.29) is 12.6 Å². The average Bonchev–Trinajstić information content (AvgIpc) is 2.84. The molecule has 3 N–H and O–H groups in total. The third kappa shape index (κ3) is 2.44. The van der Waals surface area contributed by atoms with Crippen LogP contribution in [0, 0.1) is 0 Å². The van der Waals surface area contributed by atoms with Crippen molar-refractivity contribution in [3.8, 4) is 0 Å². The summed E-state index contributed by atoms with van der Waals surface area (Å²) in [5, 5.41) is 22.2. The molecule has 5 heteroatoms. The minimum Gasteiger partial charge on any atom is -0.468 e. The van der Waals surface area contributed by atoms with Crippen molar-refractivity contribution in [1.82, 2.24) is 10.2 Å². The van der Waals surface area contributed by atoms with Crippen molar-refractivity contribution in [3.63, 3.8) is 0 Å². The third-order valence-electron chi connectivity index (χ3n) is 2.93. The van der Waals surface area contributed by atoms with Gasteiger partial charge in [-0.25, -0.2) is 0 Å². The summed E-state index contributed by atoms with van der Waals surface area (Å²) in [7, 11) is 0. The SMILES string of the molecule is OC[C@@H](O)[C@H](c1ccco1)N1CCNCC1. The summed E-state index contributed by atoms with van der Waals surface area (Å²) >= 11 is 0. The monoisotopic (exact) mass is 226 g/mol. The lowest BCUT2D eigenvalue weighted by atomic mass is 10.1. The number of hydrogen-bond acceptors (Lipinski definition) is 5. The first kappa shape index (κ1) is 11.6. The van der Waals surface area contributed by atoms with Crippen LogP contribution in [0.15, 0.2) is 22.8 Å². The van der Waals surface area contributed by atoms with Gasteiger partial charge in [0.05, 0.1) is 25.0 Å². The first-order chi connectivity index (χ1) is 7.83. The van der Waals surface area contributed by atoms with Gasteiger partial charge in [-0.05, 0) is 12.1 Å². The van der Waals surface area contributed by atoms with E-state index in [2.05, 4.69) is 10.2 Å². The van der Waals surface area contributed by atoms with Gasteiger partial charge < -0.3 is 19.9 Å². The Hall–Kier alpha value is -0.880. The molecule has 16 heavy (non-hydrogen) atoms. The van der Waals surface area contributed by atoms with Crippen molar-refractivity contribution in [3.05, 3.63) is 24.2 Å². The maximum Gasteiger partial charge on any atom is 0.123 e. The first-order valence-electron chi connectivity index (χ1n) is 5.60. The van der Waals surface area contributed by atoms with E-state index >= 15 is 0 Å². The van der Waals surface area contributed by atoms with Crippen molar-refractivity contribution in [1.29, 1.82) is 0 Å². The molecule has 5 nitrogen and oxygen atoms in total. The molecule has 2 rings (SSSR count). The minimum absolute atomic E-state index is 0.248.